The van der Waals surface area contributed by atoms with Gasteiger partial charge in [-0.05, 0) is 63.0 Å². The Balaban J connectivity index is 0.00000338. The Hall–Kier alpha value is -0.680. The summed E-state index contributed by atoms with van der Waals surface area (Å²) in [5, 5.41) is 7.11. The standard InChI is InChI=1S/C23H34N2.2BrH/c1(2-10-18-24-20-16-22-12-6-4-7-13-22)3-11-19-25-21-17-23-14-8-5-9-15-23;;/h4-9,12-15,24-25H,1-3,10-11,16-21H2;2*1H. The van der Waals surface area contributed by atoms with Crippen LogP contribution in [0, 0.1) is 0 Å². The van der Waals surface area contributed by atoms with Gasteiger partial charge in [-0.2, -0.15) is 0 Å². The van der Waals surface area contributed by atoms with Crippen molar-refractivity contribution in [3.8, 4) is 0 Å². The van der Waals surface area contributed by atoms with E-state index in [4.69, 9.17) is 0 Å². The molecule has 0 radical (unpaired) electrons. The SMILES string of the molecule is Br.Br.c1ccc(CCNCCCCCCCNCCc2ccccc2)cc1. The van der Waals surface area contributed by atoms with Gasteiger partial charge in [0.15, 0.2) is 0 Å². The fraction of sp³-hybridized carbons (Fsp3) is 0.478. The van der Waals surface area contributed by atoms with Crippen LogP contribution in [0.2, 0.25) is 0 Å². The van der Waals surface area contributed by atoms with Crippen molar-refractivity contribution in [2.75, 3.05) is 26.2 Å². The molecule has 0 bridgehead atoms. The molecule has 2 aromatic carbocycles. The van der Waals surface area contributed by atoms with E-state index in [1.807, 2.05) is 0 Å². The number of halogens is 2. The number of nitrogens with one attached hydrogen (secondary N) is 2. The molecular weight excluding hydrogens is 464 g/mol. The zero-order chi connectivity index (χ0) is 17.4. The molecule has 2 N–H and O–H groups in total. The first-order valence-corrected chi connectivity index (χ1v) is 9.94. The van der Waals surface area contributed by atoms with Gasteiger partial charge in [0.2, 0.25) is 0 Å². The minimum absolute atomic E-state index is 0. The van der Waals surface area contributed by atoms with Crippen LogP contribution in [0.5, 0.6) is 0 Å². The van der Waals surface area contributed by atoms with Crippen LogP contribution in [0.4, 0.5) is 0 Å². The second-order valence-electron chi connectivity index (χ2n) is 6.74. The summed E-state index contributed by atoms with van der Waals surface area (Å²) in [6.07, 6.45) is 8.93. The first kappa shape index (κ1) is 26.3. The van der Waals surface area contributed by atoms with Gasteiger partial charge in [-0.3, -0.25) is 0 Å². The van der Waals surface area contributed by atoms with Gasteiger partial charge < -0.3 is 10.6 Å². The summed E-state index contributed by atoms with van der Waals surface area (Å²) in [4.78, 5) is 0. The van der Waals surface area contributed by atoms with E-state index in [2.05, 4.69) is 71.3 Å². The van der Waals surface area contributed by atoms with Crippen LogP contribution in [0.15, 0.2) is 60.7 Å². The molecule has 152 valence electrons. The first-order valence-electron chi connectivity index (χ1n) is 9.94. The van der Waals surface area contributed by atoms with Gasteiger partial charge in [-0.1, -0.05) is 79.9 Å². The monoisotopic (exact) mass is 498 g/mol. The Labute approximate surface area is 187 Å². The van der Waals surface area contributed by atoms with E-state index < -0.39 is 0 Å². The molecule has 0 aromatic heterocycles. The van der Waals surface area contributed by atoms with Gasteiger partial charge in [0.25, 0.3) is 0 Å². The van der Waals surface area contributed by atoms with Crippen LogP contribution in [0.3, 0.4) is 0 Å². The van der Waals surface area contributed by atoms with Crippen LogP contribution < -0.4 is 10.6 Å². The maximum atomic E-state index is 3.56. The lowest BCUT2D eigenvalue weighted by atomic mass is 10.1. The van der Waals surface area contributed by atoms with Crippen molar-refractivity contribution >= 4 is 34.0 Å². The van der Waals surface area contributed by atoms with Gasteiger partial charge in [0, 0.05) is 0 Å². The lowest BCUT2D eigenvalue weighted by Crippen LogP contribution is -2.19. The molecule has 0 spiro atoms. The summed E-state index contributed by atoms with van der Waals surface area (Å²) < 4.78 is 0. The predicted octanol–water partition coefficient (Wildman–Crippen LogP) is 5.76. The van der Waals surface area contributed by atoms with Crippen molar-refractivity contribution in [1.82, 2.24) is 10.6 Å². The van der Waals surface area contributed by atoms with Crippen molar-refractivity contribution in [2.24, 2.45) is 0 Å². The third-order valence-electron chi connectivity index (χ3n) is 4.57. The Morgan fingerprint density at radius 2 is 0.815 bits per heavy atom. The number of unbranched alkanes of at least 4 members (excludes halogenated alkanes) is 4. The second kappa shape index (κ2) is 18.7. The lowest BCUT2D eigenvalue weighted by Gasteiger charge is -2.06. The summed E-state index contributed by atoms with van der Waals surface area (Å²) in [5.41, 5.74) is 2.85. The Morgan fingerprint density at radius 3 is 1.22 bits per heavy atom. The van der Waals surface area contributed by atoms with Gasteiger partial charge in [-0.15, -0.1) is 34.0 Å². The molecule has 27 heavy (non-hydrogen) atoms. The van der Waals surface area contributed by atoms with Crippen molar-refractivity contribution < 1.29 is 0 Å². The largest absolute Gasteiger partial charge is 0.316 e. The highest BCUT2D eigenvalue weighted by molar-refractivity contribution is 8.93. The molecule has 2 rings (SSSR count). The van der Waals surface area contributed by atoms with Crippen LogP contribution in [0.25, 0.3) is 0 Å². The molecular formula is C23H36Br2N2. The molecule has 0 aliphatic carbocycles. The van der Waals surface area contributed by atoms with Crippen molar-refractivity contribution in [1.29, 1.82) is 0 Å². The van der Waals surface area contributed by atoms with Crippen molar-refractivity contribution in [3.63, 3.8) is 0 Å². The molecule has 0 aliphatic heterocycles. The van der Waals surface area contributed by atoms with Crippen LogP contribution in [0.1, 0.15) is 43.2 Å². The van der Waals surface area contributed by atoms with Crippen LogP contribution >= 0.6 is 34.0 Å². The zero-order valence-corrected chi connectivity index (χ0v) is 19.8. The average molecular weight is 500 g/mol. The van der Waals surface area contributed by atoms with Crippen LogP contribution in [-0.2, 0) is 12.8 Å². The Morgan fingerprint density at radius 1 is 0.444 bits per heavy atom. The third kappa shape index (κ3) is 14.0. The molecule has 4 heteroatoms. The van der Waals surface area contributed by atoms with E-state index >= 15 is 0 Å². The number of hydrogen-bond acceptors (Lipinski definition) is 2. The summed E-state index contributed by atoms with van der Waals surface area (Å²) in [5.74, 6) is 0. The molecule has 0 unspecified atom stereocenters. The summed E-state index contributed by atoms with van der Waals surface area (Å²) in [6.45, 7) is 4.50. The number of benzene rings is 2. The highest BCUT2D eigenvalue weighted by Crippen LogP contribution is 2.03. The van der Waals surface area contributed by atoms with Gasteiger partial charge in [0.1, 0.15) is 0 Å². The number of hydrogen-bond donors (Lipinski definition) is 2. The minimum atomic E-state index is 0. The minimum Gasteiger partial charge on any atom is -0.316 e. The lowest BCUT2D eigenvalue weighted by molar-refractivity contribution is 0.557. The average Bonchev–Trinajstić information content (AvgIpc) is 2.67. The first-order chi connectivity index (χ1) is 12.4. The smallest absolute Gasteiger partial charge is 0.000835 e. The van der Waals surface area contributed by atoms with E-state index in [1.54, 1.807) is 0 Å². The predicted molar refractivity (Wildman–Crippen MR) is 130 cm³/mol. The number of rotatable bonds is 14. The highest BCUT2D eigenvalue weighted by atomic mass is 79.9. The fourth-order valence-corrected chi connectivity index (χ4v) is 3.04. The molecule has 2 aromatic rings. The van der Waals surface area contributed by atoms with Gasteiger partial charge >= 0.3 is 0 Å². The molecule has 0 fully saturated rings. The molecule has 2 nitrogen and oxygen atoms in total. The third-order valence-corrected chi connectivity index (χ3v) is 4.57. The Bertz CT molecular complexity index is 485. The molecule has 0 amide bonds. The molecule has 0 saturated carbocycles. The maximum absolute atomic E-state index is 3.56. The van der Waals surface area contributed by atoms with Crippen LogP contribution in [-0.4, -0.2) is 26.2 Å². The highest BCUT2D eigenvalue weighted by Gasteiger charge is 1.94. The van der Waals surface area contributed by atoms with E-state index in [0.717, 1.165) is 39.0 Å². The quantitative estimate of drug-likeness (QED) is 0.323. The summed E-state index contributed by atoms with van der Waals surface area (Å²) in [6, 6.07) is 21.4. The van der Waals surface area contributed by atoms with Gasteiger partial charge in [-0.25, -0.2) is 0 Å². The topological polar surface area (TPSA) is 24.1 Å². The molecule has 0 saturated heterocycles. The van der Waals surface area contributed by atoms with E-state index in [-0.39, 0.29) is 34.0 Å². The van der Waals surface area contributed by atoms with Crippen molar-refractivity contribution in [3.05, 3.63) is 71.8 Å². The summed E-state index contributed by atoms with van der Waals surface area (Å²) >= 11 is 0. The van der Waals surface area contributed by atoms with E-state index in [9.17, 15) is 0 Å². The normalized spacial score (nSPS) is 10.1. The Kier molecular flexibility index (Phi) is 18.2. The second-order valence-corrected chi connectivity index (χ2v) is 6.74. The maximum Gasteiger partial charge on any atom is -0.000835 e. The van der Waals surface area contributed by atoms with E-state index in [0.29, 0.717) is 0 Å². The fourth-order valence-electron chi connectivity index (χ4n) is 3.04. The molecule has 0 atom stereocenters. The summed E-state index contributed by atoms with van der Waals surface area (Å²) in [7, 11) is 0. The van der Waals surface area contributed by atoms with Crippen molar-refractivity contribution in [2.45, 2.75) is 44.9 Å². The van der Waals surface area contributed by atoms with Gasteiger partial charge in [0.05, 0.1) is 0 Å². The van der Waals surface area contributed by atoms with E-state index in [1.165, 1.54) is 43.2 Å². The zero-order valence-electron chi connectivity index (χ0n) is 16.4. The molecule has 0 heterocycles. The molecule has 0 aliphatic rings.